The molecular weight excluding hydrogens is 254 g/mol. The van der Waals surface area contributed by atoms with Crippen molar-refractivity contribution in [1.29, 1.82) is 0 Å². The number of ether oxygens (including phenoxy) is 2. The van der Waals surface area contributed by atoms with Gasteiger partial charge in [0.2, 0.25) is 0 Å². The topological polar surface area (TPSA) is 41.9 Å². The molecule has 1 unspecified atom stereocenters. The molecule has 1 aliphatic heterocycles. The predicted octanol–water partition coefficient (Wildman–Crippen LogP) is 2.26. The number of nitrogens with zero attached hydrogens (tertiary/aromatic N) is 1. The summed E-state index contributed by atoms with van der Waals surface area (Å²) in [5.74, 6) is 1.67. The van der Waals surface area contributed by atoms with E-state index in [1.54, 1.807) is 7.11 Å². The fourth-order valence-electron chi connectivity index (χ4n) is 2.48. The second-order valence-electron chi connectivity index (χ2n) is 5.61. The lowest BCUT2D eigenvalue weighted by atomic mass is 10.0. The molecule has 0 spiro atoms. The largest absolute Gasteiger partial charge is 0.493 e. The number of methoxy groups -OCH3 is 1. The van der Waals surface area contributed by atoms with Crippen LogP contribution in [0.2, 0.25) is 0 Å². The van der Waals surface area contributed by atoms with Gasteiger partial charge < -0.3 is 19.5 Å². The Morgan fingerprint density at radius 2 is 2.00 bits per heavy atom. The molecule has 0 aromatic heterocycles. The average molecular weight is 279 g/mol. The van der Waals surface area contributed by atoms with Crippen molar-refractivity contribution in [2.45, 2.75) is 31.8 Å². The third-order valence-corrected chi connectivity index (χ3v) is 3.99. The highest BCUT2D eigenvalue weighted by molar-refractivity contribution is 5.44. The van der Waals surface area contributed by atoms with E-state index in [0.717, 1.165) is 43.0 Å². The molecule has 0 amide bonds. The molecule has 1 aromatic rings. The molecule has 112 valence electrons. The first-order valence-electron chi connectivity index (χ1n) is 7.28. The third-order valence-electron chi connectivity index (χ3n) is 3.99. The molecule has 1 N–H and O–H groups in total. The number of hydrogen-bond acceptors (Lipinski definition) is 4. The van der Waals surface area contributed by atoms with Crippen LogP contribution >= 0.6 is 0 Å². The molecule has 0 bridgehead atoms. The summed E-state index contributed by atoms with van der Waals surface area (Å²) in [4.78, 5) is 2.32. The van der Waals surface area contributed by atoms with Gasteiger partial charge >= 0.3 is 0 Å². The smallest absolute Gasteiger partial charge is 0.161 e. The standard InChI is InChI=1S/C16H25NO3/c1-12(11-18)13-4-5-15(19-3)16(10-13)20-14-6-8-17(2)9-7-14/h4-5,10,12,14,18H,6-9,11H2,1-3H3. The lowest BCUT2D eigenvalue weighted by Crippen LogP contribution is -2.35. The van der Waals surface area contributed by atoms with Crippen LogP contribution < -0.4 is 9.47 Å². The lowest BCUT2D eigenvalue weighted by molar-refractivity contribution is 0.111. The maximum Gasteiger partial charge on any atom is 0.161 e. The van der Waals surface area contributed by atoms with Gasteiger partial charge in [-0.25, -0.2) is 0 Å². The van der Waals surface area contributed by atoms with Crippen LogP contribution in [0.4, 0.5) is 0 Å². The Morgan fingerprint density at radius 1 is 1.30 bits per heavy atom. The van der Waals surface area contributed by atoms with Crippen LogP contribution in [0.5, 0.6) is 11.5 Å². The molecule has 0 radical (unpaired) electrons. The van der Waals surface area contributed by atoms with Crippen LogP contribution in [0.3, 0.4) is 0 Å². The Labute approximate surface area is 121 Å². The van der Waals surface area contributed by atoms with Crippen LogP contribution in [-0.2, 0) is 0 Å². The molecule has 1 saturated heterocycles. The van der Waals surface area contributed by atoms with E-state index in [0.29, 0.717) is 0 Å². The number of likely N-dealkylation sites (tertiary alicyclic amines) is 1. The van der Waals surface area contributed by atoms with Crippen molar-refractivity contribution in [1.82, 2.24) is 4.90 Å². The molecule has 4 nitrogen and oxygen atoms in total. The van der Waals surface area contributed by atoms with E-state index < -0.39 is 0 Å². The average Bonchev–Trinajstić information content (AvgIpc) is 2.48. The Kier molecular flexibility index (Phi) is 5.26. The van der Waals surface area contributed by atoms with Crippen LogP contribution in [-0.4, -0.2) is 50.0 Å². The van der Waals surface area contributed by atoms with Crippen molar-refractivity contribution in [2.75, 3.05) is 33.9 Å². The number of piperidine rings is 1. The van der Waals surface area contributed by atoms with Crippen molar-refractivity contribution in [3.05, 3.63) is 23.8 Å². The summed E-state index contributed by atoms with van der Waals surface area (Å²) in [7, 11) is 3.80. The molecular formula is C16H25NO3. The fraction of sp³-hybridized carbons (Fsp3) is 0.625. The van der Waals surface area contributed by atoms with E-state index in [1.807, 2.05) is 25.1 Å². The number of benzene rings is 1. The van der Waals surface area contributed by atoms with Crippen molar-refractivity contribution < 1.29 is 14.6 Å². The van der Waals surface area contributed by atoms with Gasteiger partial charge in [0.1, 0.15) is 6.10 Å². The lowest BCUT2D eigenvalue weighted by Gasteiger charge is -2.30. The highest BCUT2D eigenvalue weighted by Gasteiger charge is 2.20. The SMILES string of the molecule is COc1ccc(C(C)CO)cc1OC1CCN(C)CC1. The Morgan fingerprint density at radius 3 is 2.60 bits per heavy atom. The van der Waals surface area contributed by atoms with Crippen LogP contribution in [0.1, 0.15) is 31.2 Å². The van der Waals surface area contributed by atoms with E-state index in [9.17, 15) is 5.11 Å². The number of hydrogen-bond donors (Lipinski definition) is 1. The van der Waals surface area contributed by atoms with E-state index >= 15 is 0 Å². The highest BCUT2D eigenvalue weighted by Crippen LogP contribution is 2.32. The second-order valence-corrected chi connectivity index (χ2v) is 5.61. The molecule has 1 atom stereocenters. The first-order valence-corrected chi connectivity index (χ1v) is 7.28. The minimum atomic E-state index is 0.112. The van der Waals surface area contributed by atoms with Crippen molar-refractivity contribution in [3.63, 3.8) is 0 Å². The van der Waals surface area contributed by atoms with Gasteiger partial charge in [0, 0.05) is 25.6 Å². The van der Waals surface area contributed by atoms with E-state index in [2.05, 4.69) is 11.9 Å². The Bertz CT molecular complexity index is 428. The maximum atomic E-state index is 9.28. The summed E-state index contributed by atoms with van der Waals surface area (Å²) >= 11 is 0. The quantitative estimate of drug-likeness (QED) is 0.898. The minimum Gasteiger partial charge on any atom is -0.493 e. The van der Waals surface area contributed by atoms with Gasteiger partial charge in [0.05, 0.1) is 7.11 Å². The maximum absolute atomic E-state index is 9.28. The zero-order valence-electron chi connectivity index (χ0n) is 12.6. The Balaban J connectivity index is 2.11. The zero-order chi connectivity index (χ0) is 14.5. The summed E-state index contributed by atoms with van der Waals surface area (Å²) < 4.78 is 11.5. The van der Waals surface area contributed by atoms with E-state index in [-0.39, 0.29) is 18.6 Å². The summed E-state index contributed by atoms with van der Waals surface area (Å²) in [6, 6.07) is 5.91. The molecule has 20 heavy (non-hydrogen) atoms. The molecule has 1 heterocycles. The first-order chi connectivity index (χ1) is 9.63. The molecule has 1 fully saturated rings. The molecule has 1 aliphatic rings. The van der Waals surface area contributed by atoms with Gasteiger partial charge in [-0.2, -0.15) is 0 Å². The summed E-state index contributed by atoms with van der Waals surface area (Å²) in [5.41, 5.74) is 1.08. The van der Waals surface area contributed by atoms with Gasteiger partial charge in [0.15, 0.2) is 11.5 Å². The summed E-state index contributed by atoms with van der Waals surface area (Å²) in [6.45, 7) is 4.28. The van der Waals surface area contributed by atoms with Gasteiger partial charge in [-0.3, -0.25) is 0 Å². The number of aliphatic hydroxyl groups excluding tert-OH is 1. The van der Waals surface area contributed by atoms with Gasteiger partial charge in [-0.15, -0.1) is 0 Å². The predicted molar refractivity (Wildman–Crippen MR) is 79.6 cm³/mol. The number of aliphatic hydroxyl groups is 1. The Hall–Kier alpha value is -1.26. The van der Waals surface area contributed by atoms with Gasteiger partial charge in [-0.1, -0.05) is 13.0 Å². The van der Waals surface area contributed by atoms with E-state index in [1.165, 1.54) is 0 Å². The molecule has 2 rings (SSSR count). The first kappa shape index (κ1) is 15.1. The number of rotatable bonds is 5. The van der Waals surface area contributed by atoms with Gasteiger partial charge in [-0.05, 0) is 37.6 Å². The molecule has 0 aliphatic carbocycles. The fourth-order valence-corrected chi connectivity index (χ4v) is 2.48. The second kappa shape index (κ2) is 6.95. The summed E-state index contributed by atoms with van der Waals surface area (Å²) in [5, 5.41) is 9.28. The highest BCUT2D eigenvalue weighted by atomic mass is 16.5. The van der Waals surface area contributed by atoms with Crippen molar-refractivity contribution in [3.8, 4) is 11.5 Å². The minimum absolute atomic E-state index is 0.112. The zero-order valence-corrected chi connectivity index (χ0v) is 12.6. The van der Waals surface area contributed by atoms with Crippen molar-refractivity contribution in [2.24, 2.45) is 0 Å². The van der Waals surface area contributed by atoms with E-state index in [4.69, 9.17) is 9.47 Å². The molecule has 1 aromatic carbocycles. The normalized spacial score (nSPS) is 18.8. The van der Waals surface area contributed by atoms with Gasteiger partial charge in [0.25, 0.3) is 0 Å². The van der Waals surface area contributed by atoms with Crippen LogP contribution in [0.15, 0.2) is 18.2 Å². The molecule has 0 saturated carbocycles. The van der Waals surface area contributed by atoms with Crippen LogP contribution in [0.25, 0.3) is 0 Å². The molecule has 4 heteroatoms. The third kappa shape index (κ3) is 3.64. The summed E-state index contributed by atoms with van der Waals surface area (Å²) in [6.07, 6.45) is 2.33. The van der Waals surface area contributed by atoms with Crippen molar-refractivity contribution >= 4 is 0 Å². The monoisotopic (exact) mass is 279 g/mol. The van der Waals surface area contributed by atoms with Crippen LogP contribution in [0, 0.1) is 0 Å².